The van der Waals surface area contributed by atoms with E-state index in [2.05, 4.69) is 27.8 Å². The van der Waals surface area contributed by atoms with Gasteiger partial charge in [-0.2, -0.15) is 18.2 Å². The Kier molecular flexibility index (Phi) is 12.5. The lowest BCUT2D eigenvalue weighted by Crippen LogP contribution is -2.46. The molecule has 11 nitrogen and oxygen atoms in total. The highest BCUT2D eigenvalue weighted by atomic mass is 32.2. The number of carbonyl (C=O) groups excluding carboxylic acids is 3. The van der Waals surface area contributed by atoms with E-state index in [1.54, 1.807) is 36.4 Å². The summed E-state index contributed by atoms with van der Waals surface area (Å²) in [4.78, 5) is 54.2. The number of para-hydroxylation sites is 1. The van der Waals surface area contributed by atoms with E-state index in [0.717, 1.165) is 31.4 Å². The summed E-state index contributed by atoms with van der Waals surface area (Å²) in [7, 11) is -3.94. The number of ether oxygens (including phenoxy) is 1. The van der Waals surface area contributed by atoms with Gasteiger partial charge in [0.2, 0.25) is 27.4 Å². The molecule has 3 aliphatic rings. The van der Waals surface area contributed by atoms with Crippen LogP contribution in [0.5, 0.6) is 5.88 Å². The molecule has 3 heterocycles. The summed E-state index contributed by atoms with van der Waals surface area (Å²) < 4.78 is 95.7. The lowest BCUT2D eigenvalue weighted by molar-refractivity contribution is -0.142. The molecule has 3 aromatic carbocycles. The van der Waals surface area contributed by atoms with Gasteiger partial charge in [0.15, 0.2) is 11.6 Å². The van der Waals surface area contributed by atoms with Crippen molar-refractivity contribution < 1.29 is 49.5 Å². The second kappa shape index (κ2) is 17.9. The van der Waals surface area contributed by atoms with Gasteiger partial charge < -0.3 is 14.1 Å². The Balaban J connectivity index is 1.14. The SMILES string of the molecule is C=CCCCCC[C@H](Cc1cccc(F)c1)C(=O)N1C[C@H](Oc2nc(-c3ccc(C(F)(F)F)cc3)nc3c2oc2ccccc23)C[C@H]1C(=O)C[C@]1(C(=O)NS(=O)(=O)C2CC2)C[C@H]1C=C. The van der Waals surface area contributed by atoms with Gasteiger partial charge >= 0.3 is 6.18 Å². The van der Waals surface area contributed by atoms with Crippen LogP contribution in [0.2, 0.25) is 0 Å². The van der Waals surface area contributed by atoms with Crippen LogP contribution in [0.4, 0.5) is 17.6 Å². The van der Waals surface area contributed by atoms with Gasteiger partial charge in [-0.05, 0) is 92.8 Å². The van der Waals surface area contributed by atoms with Crippen LogP contribution < -0.4 is 9.46 Å². The van der Waals surface area contributed by atoms with Crippen LogP contribution >= 0.6 is 0 Å². The predicted molar refractivity (Wildman–Crippen MR) is 232 cm³/mol. The first-order valence-corrected chi connectivity index (χ1v) is 23.1. The largest absolute Gasteiger partial charge is 0.470 e. The second-order valence-electron chi connectivity index (χ2n) is 17.2. The molecule has 64 heavy (non-hydrogen) atoms. The topological polar surface area (TPSA) is 149 Å². The van der Waals surface area contributed by atoms with Crippen molar-refractivity contribution >= 4 is 49.7 Å². The summed E-state index contributed by atoms with van der Waals surface area (Å²) in [6, 6.07) is 16.3. The molecule has 3 fully saturated rings. The van der Waals surface area contributed by atoms with E-state index >= 15 is 0 Å². The molecule has 0 bridgehead atoms. The Morgan fingerprint density at radius 1 is 1.00 bits per heavy atom. The molecule has 5 atom stereocenters. The van der Waals surface area contributed by atoms with Crippen LogP contribution in [0.1, 0.15) is 75.3 Å². The van der Waals surface area contributed by atoms with Crippen molar-refractivity contribution in [2.75, 3.05) is 6.54 Å². The van der Waals surface area contributed by atoms with E-state index in [-0.39, 0.29) is 61.0 Å². The number of amides is 2. The van der Waals surface area contributed by atoms with Gasteiger partial charge in [0.1, 0.15) is 23.0 Å². The Morgan fingerprint density at radius 3 is 2.45 bits per heavy atom. The third-order valence-electron chi connectivity index (χ3n) is 12.6. The van der Waals surface area contributed by atoms with E-state index in [1.165, 1.54) is 35.2 Å². The first-order valence-electron chi connectivity index (χ1n) is 21.5. The van der Waals surface area contributed by atoms with Gasteiger partial charge in [0, 0.05) is 29.7 Å². The van der Waals surface area contributed by atoms with Crippen molar-refractivity contribution in [3.05, 3.63) is 115 Å². The number of allylic oxidation sites excluding steroid dienone is 2. The molecule has 1 aliphatic heterocycles. The summed E-state index contributed by atoms with van der Waals surface area (Å²) in [6.07, 6.45) is 2.30. The van der Waals surface area contributed by atoms with Gasteiger partial charge in [0.05, 0.1) is 28.8 Å². The summed E-state index contributed by atoms with van der Waals surface area (Å²) >= 11 is 0. The lowest BCUT2D eigenvalue weighted by atomic mass is 9.89. The highest BCUT2D eigenvalue weighted by Crippen LogP contribution is 2.57. The Hall–Kier alpha value is -5.90. The first-order chi connectivity index (χ1) is 30.6. The number of fused-ring (bicyclic) bond motifs is 3. The third kappa shape index (κ3) is 9.47. The Morgan fingerprint density at radius 2 is 1.77 bits per heavy atom. The molecular weight excluding hydrogens is 853 g/mol. The number of halogens is 4. The molecule has 0 spiro atoms. The number of benzene rings is 3. The highest BCUT2D eigenvalue weighted by molar-refractivity contribution is 7.90. The average molecular weight is 901 g/mol. The molecule has 1 saturated heterocycles. The maximum atomic E-state index is 14.9. The van der Waals surface area contributed by atoms with Gasteiger partial charge in [-0.1, -0.05) is 61.4 Å². The fraction of sp³-hybridized carbons (Fsp3) is 0.396. The molecule has 2 aromatic heterocycles. The van der Waals surface area contributed by atoms with Gasteiger partial charge in [-0.25, -0.2) is 17.8 Å². The quantitative estimate of drug-likeness (QED) is 0.0486. The van der Waals surface area contributed by atoms with Crippen molar-refractivity contribution in [2.24, 2.45) is 17.3 Å². The zero-order valence-electron chi connectivity index (χ0n) is 35.0. The fourth-order valence-corrected chi connectivity index (χ4v) is 10.2. The van der Waals surface area contributed by atoms with Crippen LogP contribution in [-0.4, -0.2) is 64.8 Å². The smallest absolute Gasteiger partial charge is 0.416 e. The number of rotatable bonds is 19. The van der Waals surface area contributed by atoms with Crippen LogP contribution in [0.15, 0.2) is 103 Å². The van der Waals surface area contributed by atoms with Crippen molar-refractivity contribution in [3.8, 4) is 17.3 Å². The number of Topliss-reactive ketones (excluding diaryl/α,β-unsaturated/α-hetero) is 1. The predicted octanol–water partition coefficient (Wildman–Crippen LogP) is 9.30. The van der Waals surface area contributed by atoms with E-state index in [9.17, 15) is 40.4 Å². The molecule has 16 heteroatoms. The lowest BCUT2D eigenvalue weighted by Gasteiger charge is -2.29. The number of likely N-dealkylation sites (tertiary alicyclic amines) is 1. The number of aromatic nitrogens is 2. The number of carbonyl (C=O) groups is 3. The first kappa shape index (κ1) is 44.7. The molecule has 336 valence electrons. The zero-order valence-corrected chi connectivity index (χ0v) is 35.8. The van der Waals surface area contributed by atoms with Gasteiger partial charge in [-0.15, -0.1) is 13.2 Å². The molecule has 8 rings (SSSR count). The van der Waals surface area contributed by atoms with E-state index in [4.69, 9.17) is 9.15 Å². The minimum absolute atomic E-state index is 0.0469. The maximum absolute atomic E-state index is 14.9. The number of hydrogen-bond acceptors (Lipinski definition) is 9. The summed E-state index contributed by atoms with van der Waals surface area (Å²) in [5.74, 6) is -3.25. The van der Waals surface area contributed by atoms with Crippen LogP contribution in [-0.2, 0) is 37.0 Å². The minimum atomic E-state index is -4.57. The molecule has 0 radical (unpaired) electrons. The number of hydrogen-bond donors (Lipinski definition) is 1. The molecule has 1 N–H and O–H groups in total. The number of ketones is 1. The van der Waals surface area contributed by atoms with Gasteiger partial charge in [-0.3, -0.25) is 19.1 Å². The molecule has 0 unspecified atom stereocenters. The van der Waals surface area contributed by atoms with Crippen LogP contribution in [0.3, 0.4) is 0 Å². The monoisotopic (exact) mass is 900 g/mol. The summed E-state index contributed by atoms with van der Waals surface area (Å²) in [5, 5.41) is -0.0754. The van der Waals surface area contributed by atoms with Crippen LogP contribution in [0.25, 0.3) is 33.5 Å². The van der Waals surface area contributed by atoms with E-state index < -0.39 is 73.9 Å². The molecule has 5 aromatic rings. The normalized spacial score (nSPS) is 21.4. The molecule has 2 aliphatic carbocycles. The molecule has 2 amide bonds. The van der Waals surface area contributed by atoms with Crippen molar-refractivity contribution in [3.63, 3.8) is 0 Å². The minimum Gasteiger partial charge on any atom is -0.470 e. The van der Waals surface area contributed by atoms with Crippen molar-refractivity contribution in [2.45, 2.75) is 94.2 Å². The highest BCUT2D eigenvalue weighted by Gasteiger charge is 2.61. The number of unbranched alkanes of at least 4 members (excludes halogenated alkanes) is 3. The molecule has 2 saturated carbocycles. The van der Waals surface area contributed by atoms with Gasteiger partial charge in [0.25, 0.3) is 5.88 Å². The maximum Gasteiger partial charge on any atom is 0.416 e. The van der Waals surface area contributed by atoms with Crippen LogP contribution in [0, 0.1) is 23.1 Å². The number of alkyl halides is 3. The van der Waals surface area contributed by atoms with E-state index in [0.29, 0.717) is 47.7 Å². The zero-order chi connectivity index (χ0) is 45.4. The summed E-state index contributed by atoms with van der Waals surface area (Å²) in [5.41, 5.74) is -0.448. The van der Waals surface area contributed by atoms with Crippen molar-refractivity contribution in [1.29, 1.82) is 0 Å². The Labute approximate surface area is 368 Å². The van der Waals surface area contributed by atoms with E-state index in [1.807, 2.05) is 6.08 Å². The third-order valence-corrected chi connectivity index (χ3v) is 14.4. The second-order valence-corrected chi connectivity index (χ2v) is 19.1. The van der Waals surface area contributed by atoms with Crippen molar-refractivity contribution in [1.82, 2.24) is 19.6 Å². The summed E-state index contributed by atoms with van der Waals surface area (Å²) in [6.45, 7) is 7.50. The number of nitrogens with one attached hydrogen (secondary N) is 1. The standard InChI is InChI=1S/C48H48F4N4O7S/c1-3-5-6-7-8-13-31(23-29-12-11-14-34(49)24-29)45(58)56-28-35(25-38(56)39(57)27-47(26-32(47)4-2)46(59)55-64(60,61)36-21-22-36)62-44-42-41(37-15-9-10-16-40(37)63-42)53-43(54-44)30-17-19-33(20-18-30)48(50,51)52/h3-4,9-12,14-20,24,31-32,35-36,38H,1-2,5-8,13,21-23,25-28H2,(H,55,59)/t31-,32-,35-,38+,47-/m1/s1. The Bertz CT molecular complexity index is 2720. The average Bonchev–Trinajstić information content (AvgIpc) is 4.17. The number of nitrogens with zero attached hydrogens (tertiary/aromatic N) is 3. The number of sulfonamides is 1. The number of furan rings is 1. The fourth-order valence-electron chi connectivity index (χ4n) is 8.83. The molecular formula is C48H48F4N4O7S.